The molecule has 2 aromatic carbocycles. The van der Waals surface area contributed by atoms with E-state index in [1.165, 1.54) is 4.90 Å². The molecule has 0 spiro atoms. The Bertz CT molecular complexity index is 1320. The zero-order chi connectivity index (χ0) is 30.1. The zero-order valence-corrected chi connectivity index (χ0v) is 24.9. The lowest BCUT2D eigenvalue weighted by molar-refractivity contribution is -0.131. The molecule has 0 unspecified atom stereocenters. The maximum Gasteiger partial charge on any atom is 0.251 e. The Morgan fingerprint density at radius 2 is 1.95 bits per heavy atom. The van der Waals surface area contributed by atoms with Crippen LogP contribution in [0.25, 0.3) is 0 Å². The van der Waals surface area contributed by atoms with E-state index in [0.717, 1.165) is 0 Å². The number of carbonyl (C=O) groups excluding carboxylic acids is 2. The van der Waals surface area contributed by atoms with Crippen molar-refractivity contribution in [3.05, 3.63) is 59.2 Å². The summed E-state index contributed by atoms with van der Waals surface area (Å²) in [6.07, 6.45) is -0.568. The van der Waals surface area contributed by atoms with Crippen molar-refractivity contribution < 1.29 is 28.9 Å². The second-order valence-electron chi connectivity index (χ2n) is 11.9. The molecule has 222 valence electrons. The summed E-state index contributed by atoms with van der Waals surface area (Å²) < 4.78 is 17.5. The number of aliphatic imine (C=N–C) groups is 1. The Morgan fingerprint density at radius 1 is 1.24 bits per heavy atom. The number of hydrogen-bond donors (Lipinski definition) is 3. The fourth-order valence-electron chi connectivity index (χ4n) is 5.53. The molecule has 0 radical (unpaired) electrons. The van der Waals surface area contributed by atoms with Gasteiger partial charge >= 0.3 is 0 Å². The molecule has 2 amide bonds. The minimum atomic E-state index is -0.993. The Hall–Kier alpha value is -3.63. The first kappa shape index (κ1) is 30.3. The predicted molar refractivity (Wildman–Crippen MR) is 156 cm³/mol. The molecule has 2 aliphatic rings. The van der Waals surface area contributed by atoms with Crippen molar-refractivity contribution in [2.75, 3.05) is 13.7 Å². The third-order valence-electron chi connectivity index (χ3n) is 7.52. The van der Waals surface area contributed by atoms with Crippen LogP contribution in [0.3, 0.4) is 0 Å². The average Bonchev–Trinajstić information content (AvgIpc) is 2.88. The number of methoxy groups -OCH3 is 1. The third-order valence-corrected chi connectivity index (χ3v) is 7.52. The van der Waals surface area contributed by atoms with E-state index in [1.54, 1.807) is 39.2 Å². The number of aliphatic hydroxyl groups excluding tert-OH is 1. The summed E-state index contributed by atoms with van der Waals surface area (Å²) in [5.41, 5.74) is 6.49. The number of rotatable bonds is 9. The normalized spacial score (nSPS) is 22.6. The molecular formula is C31H42N4O6. The highest BCUT2D eigenvalue weighted by Gasteiger charge is 2.44. The number of nitrogens with two attached hydrogens (primary N) is 1. The van der Waals surface area contributed by atoms with E-state index < -0.39 is 29.3 Å². The van der Waals surface area contributed by atoms with Crippen molar-refractivity contribution in [3.8, 4) is 11.5 Å². The molecule has 0 fully saturated rings. The van der Waals surface area contributed by atoms with Gasteiger partial charge in [0, 0.05) is 23.8 Å². The topological polar surface area (TPSA) is 136 Å². The summed E-state index contributed by atoms with van der Waals surface area (Å²) in [7, 11) is 1.60. The number of benzene rings is 2. The number of nitrogens with one attached hydrogen (secondary N) is 1. The van der Waals surface area contributed by atoms with Gasteiger partial charge in [0.1, 0.15) is 29.3 Å². The second kappa shape index (κ2) is 11.7. The van der Waals surface area contributed by atoms with Crippen molar-refractivity contribution in [2.45, 2.75) is 89.8 Å². The maximum absolute atomic E-state index is 13.7. The van der Waals surface area contributed by atoms with E-state index in [2.05, 4.69) is 10.3 Å². The minimum absolute atomic E-state index is 0.132. The number of nitrogens with zero attached hydrogens (tertiary/aromatic N) is 2. The van der Waals surface area contributed by atoms with E-state index in [9.17, 15) is 14.7 Å². The lowest BCUT2D eigenvalue weighted by Gasteiger charge is -2.42. The summed E-state index contributed by atoms with van der Waals surface area (Å²) >= 11 is 0. The van der Waals surface area contributed by atoms with Crippen LogP contribution in [0.2, 0.25) is 0 Å². The number of para-hydroxylation sites is 1. The van der Waals surface area contributed by atoms with E-state index in [0.29, 0.717) is 41.2 Å². The highest BCUT2D eigenvalue weighted by atomic mass is 16.5. The SMILES string of the molecule is CC[C@H](c1cc(C(=O)N[C@@H]2c3ccccc3OC(C)(C)[C@H]2O)ccc1O[C@H](C)COC)N1C(=O)CC(C)(C)N=C1N. The molecule has 0 bridgehead atoms. The van der Waals surface area contributed by atoms with Gasteiger partial charge in [-0.05, 0) is 65.3 Å². The van der Waals surface area contributed by atoms with Crippen LogP contribution in [-0.4, -0.2) is 64.8 Å². The summed E-state index contributed by atoms with van der Waals surface area (Å²) in [5, 5.41) is 14.2. The van der Waals surface area contributed by atoms with Crippen LogP contribution in [0.15, 0.2) is 47.5 Å². The van der Waals surface area contributed by atoms with Crippen molar-refractivity contribution in [3.63, 3.8) is 0 Å². The fourth-order valence-corrected chi connectivity index (χ4v) is 5.53. The van der Waals surface area contributed by atoms with Gasteiger partial charge in [0.25, 0.3) is 5.91 Å². The van der Waals surface area contributed by atoms with Gasteiger partial charge < -0.3 is 30.4 Å². The predicted octanol–water partition coefficient (Wildman–Crippen LogP) is 3.88. The van der Waals surface area contributed by atoms with E-state index >= 15 is 0 Å². The highest BCUT2D eigenvalue weighted by molar-refractivity contribution is 6.00. The average molecular weight is 567 g/mol. The number of amides is 2. The minimum Gasteiger partial charge on any atom is -0.488 e. The first-order valence-corrected chi connectivity index (χ1v) is 14.0. The van der Waals surface area contributed by atoms with Gasteiger partial charge in [0.2, 0.25) is 5.91 Å². The number of guanidine groups is 1. The first-order chi connectivity index (χ1) is 19.3. The molecule has 2 aliphatic heterocycles. The molecule has 0 saturated carbocycles. The lowest BCUT2D eigenvalue weighted by atomic mass is 9.86. The number of aliphatic hydroxyl groups is 1. The van der Waals surface area contributed by atoms with Crippen LogP contribution in [0.1, 0.15) is 88.0 Å². The van der Waals surface area contributed by atoms with Crippen LogP contribution in [0, 0.1) is 0 Å². The van der Waals surface area contributed by atoms with Crippen molar-refractivity contribution in [1.82, 2.24) is 10.2 Å². The number of ether oxygens (including phenoxy) is 3. The molecular weight excluding hydrogens is 524 g/mol. The van der Waals surface area contributed by atoms with Crippen LogP contribution < -0.4 is 20.5 Å². The molecule has 10 nitrogen and oxygen atoms in total. The number of fused-ring (bicyclic) bond motifs is 1. The largest absolute Gasteiger partial charge is 0.488 e. The van der Waals surface area contributed by atoms with Crippen molar-refractivity contribution in [1.29, 1.82) is 0 Å². The Balaban J connectivity index is 1.73. The summed E-state index contributed by atoms with van der Waals surface area (Å²) in [5.74, 6) is 0.720. The second-order valence-corrected chi connectivity index (χ2v) is 11.9. The molecule has 2 heterocycles. The summed E-state index contributed by atoms with van der Waals surface area (Å²) in [4.78, 5) is 33.1. The van der Waals surface area contributed by atoms with Crippen LogP contribution in [0.4, 0.5) is 0 Å². The van der Waals surface area contributed by atoms with Gasteiger partial charge in [0.05, 0.1) is 30.7 Å². The number of hydrogen-bond acceptors (Lipinski definition) is 8. The number of carbonyl (C=O) groups is 2. The third kappa shape index (κ3) is 6.33. The molecule has 4 rings (SSSR count). The van der Waals surface area contributed by atoms with Crippen LogP contribution >= 0.6 is 0 Å². The quantitative estimate of drug-likeness (QED) is 0.419. The smallest absolute Gasteiger partial charge is 0.251 e. The molecule has 0 aromatic heterocycles. The Kier molecular flexibility index (Phi) is 8.65. The standard InChI is InChI=1S/C31H42N4O6/c1-8-22(35-25(36)16-30(3,4)34-29(35)32)21-15-19(13-14-23(21)40-18(2)17-39-7)28(38)33-26-20-11-9-10-12-24(20)41-31(5,6)27(26)37/h9-15,18,22,26-27,37H,8,16-17H2,1-7H3,(H2,32,34)(H,33,38)/t18-,22-,26-,27+/m1/s1. The molecule has 0 saturated heterocycles. The maximum atomic E-state index is 13.7. The molecule has 41 heavy (non-hydrogen) atoms. The Morgan fingerprint density at radius 3 is 2.61 bits per heavy atom. The highest BCUT2D eigenvalue weighted by Crippen LogP contribution is 2.40. The fraction of sp³-hybridized carbons (Fsp3) is 0.516. The van der Waals surface area contributed by atoms with Gasteiger partial charge in [0.15, 0.2) is 5.96 Å². The van der Waals surface area contributed by atoms with Gasteiger partial charge in [-0.3, -0.25) is 14.5 Å². The van der Waals surface area contributed by atoms with Crippen LogP contribution in [0.5, 0.6) is 11.5 Å². The van der Waals surface area contributed by atoms with Gasteiger partial charge in [-0.25, -0.2) is 4.99 Å². The summed E-state index contributed by atoms with van der Waals surface area (Å²) in [6, 6.07) is 11.2. The lowest BCUT2D eigenvalue weighted by Crippen LogP contribution is -2.53. The van der Waals surface area contributed by atoms with Gasteiger partial charge in [-0.15, -0.1) is 0 Å². The molecule has 4 N–H and O–H groups in total. The molecule has 10 heteroatoms. The van der Waals surface area contributed by atoms with Crippen molar-refractivity contribution in [2.24, 2.45) is 10.7 Å². The van der Waals surface area contributed by atoms with Gasteiger partial charge in [-0.1, -0.05) is 25.1 Å². The zero-order valence-electron chi connectivity index (χ0n) is 24.9. The Labute approximate surface area is 241 Å². The molecule has 4 atom stereocenters. The van der Waals surface area contributed by atoms with E-state index in [4.69, 9.17) is 19.9 Å². The van der Waals surface area contributed by atoms with Crippen molar-refractivity contribution >= 4 is 17.8 Å². The van der Waals surface area contributed by atoms with E-state index in [-0.39, 0.29) is 30.3 Å². The van der Waals surface area contributed by atoms with Crippen LogP contribution in [-0.2, 0) is 9.53 Å². The molecule has 0 aliphatic carbocycles. The van der Waals surface area contributed by atoms with Gasteiger partial charge in [-0.2, -0.15) is 0 Å². The molecule has 2 aromatic rings. The first-order valence-electron chi connectivity index (χ1n) is 14.0. The monoisotopic (exact) mass is 566 g/mol. The summed E-state index contributed by atoms with van der Waals surface area (Å²) in [6.45, 7) is 11.5. The van der Waals surface area contributed by atoms with E-state index in [1.807, 2.05) is 52.0 Å².